The molecule has 2 aromatic rings. The van der Waals surface area contributed by atoms with Crippen LogP contribution in [0.3, 0.4) is 0 Å². The summed E-state index contributed by atoms with van der Waals surface area (Å²) in [5, 5.41) is 8.85. The zero-order valence-electron chi connectivity index (χ0n) is 12.1. The van der Waals surface area contributed by atoms with Crippen LogP contribution in [-0.4, -0.2) is 20.2 Å². The quantitative estimate of drug-likeness (QED) is 0.864. The van der Waals surface area contributed by atoms with Crippen LogP contribution in [-0.2, 0) is 11.2 Å². The van der Waals surface area contributed by atoms with Gasteiger partial charge in [-0.3, -0.25) is 0 Å². The van der Waals surface area contributed by atoms with E-state index in [1.807, 2.05) is 24.3 Å². The number of nitriles is 1. The number of hydrogen-bond donors (Lipinski definition) is 0. The average molecular weight is 278 g/mol. The number of hydrogen-bond acceptors (Lipinski definition) is 3. The lowest BCUT2D eigenvalue weighted by Crippen LogP contribution is -2.29. The SMILES string of the molecule is CN(CC1OCCc2ccccc21)c1ccc(C#N)cc1. The molecule has 1 atom stereocenters. The van der Waals surface area contributed by atoms with Crippen LogP contribution in [0.2, 0.25) is 0 Å². The van der Waals surface area contributed by atoms with Crippen LogP contribution in [0, 0.1) is 11.3 Å². The maximum absolute atomic E-state index is 8.85. The third-order valence-corrected chi connectivity index (χ3v) is 3.97. The van der Waals surface area contributed by atoms with Crippen molar-refractivity contribution in [1.82, 2.24) is 0 Å². The number of ether oxygens (including phenoxy) is 1. The molecule has 0 saturated heterocycles. The van der Waals surface area contributed by atoms with E-state index >= 15 is 0 Å². The summed E-state index contributed by atoms with van der Waals surface area (Å²) >= 11 is 0. The lowest BCUT2D eigenvalue weighted by Gasteiger charge is -2.30. The maximum Gasteiger partial charge on any atom is 0.100 e. The molecule has 0 saturated carbocycles. The van der Waals surface area contributed by atoms with Gasteiger partial charge in [-0.15, -0.1) is 0 Å². The van der Waals surface area contributed by atoms with Crippen LogP contribution in [0.25, 0.3) is 0 Å². The fourth-order valence-corrected chi connectivity index (χ4v) is 2.77. The third-order valence-electron chi connectivity index (χ3n) is 3.97. The van der Waals surface area contributed by atoms with E-state index in [-0.39, 0.29) is 6.10 Å². The zero-order chi connectivity index (χ0) is 14.7. The highest BCUT2D eigenvalue weighted by atomic mass is 16.5. The summed E-state index contributed by atoms with van der Waals surface area (Å²) < 4.78 is 5.95. The van der Waals surface area contributed by atoms with Crippen molar-refractivity contribution in [3.8, 4) is 6.07 Å². The highest BCUT2D eigenvalue weighted by Crippen LogP contribution is 2.28. The van der Waals surface area contributed by atoms with Gasteiger partial charge in [-0.05, 0) is 41.8 Å². The van der Waals surface area contributed by atoms with E-state index in [4.69, 9.17) is 10.00 Å². The first kappa shape index (κ1) is 13.7. The molecule has 1 aliphatic rings. The van der Waals surface area contributed by atoms with Gasteiger partial charge >= 0.3 is 0 Å². The lowest BCUT2D eigenvalue weighted by atomic mass is 9.97. The van der Waals surface area contributed by atoms with Crippen molar-refractivity contribution in [2.24, 2.45) is 0 Å². The molecule has 0 spiro atoms. The number of likely N-dealkylation sites (N-methyl/N-ethyl adjacent to an activating group) is 1. The van der Waals surface area contributed by atoms with Gasteiger partial charge in [0.1, 0.15) is 6.10 Å². The summed E-state index contributed by atoms with van der Waals surface area (Å²) in [5.41, 5.74) is 4.47. The van der Waals surface area contributed by atoms with Crippen molar-refractivity contribution >= 4 is 5.69 Å². The minimum Gasteiger partial charge on any atom is -0.372 e. The number of nitrogens with zero attached hydrogens (tertiary/aromatic N) is 2. The number of rotatable bonds is 3. The molecule has 3 rings (SSSR count). The predicted octanol–water partition coefficient (Wildman–Crippen LogP) is 3.31. The largest absolute Gasteiger partial charge is 0.372 e. The summed E-state index contributed by atoms with van der Waals surface area (Å²) in [7, 11) is 2.06. The van der Waals surface area contributed by atoms with E-state index in [0.717, 1.165) is 25.3 Å². The van der Waals surface area contributed by atoms with Gasteiger partial charge in [0.05, 0.1) is 18.2 Å². The van der Waals surface area contributed by atoms with Crippen molar-refractivity contribution in [2.45, 2.75) is 12.5 Å². The molecule has 0 radical (unpaired) electrons. The average Bonchev–Trinajstić information content (AvgIpc) is 2.55. The molecular weight excluding hydrogens is 260 g/mol. The Morgan fingerprint density at radius 3 is 2.71 bits per heavy atom. The summed E-state index contributed by atoms with van der Waals surface area (Å²) in [4.78, 5) is 2.17. The molecule has 0 fully saturated rings. The second-order valence-corrected chi connectivity index (χ2v) is 5.35. The number of fused-ring (bicyclic) bond motifs is 1. The Bertz CT molecular complexity index is 658. The molecule has 0 N–H and O–H groups in total. The standard InChI is InChI=1S/C18H18N2O/c1-20(16-8-6-14(12-19)7-9-16)13-18-17-5-3-2-4-15(17)10-11-21-18/h2-9,18H,10-11,13H2,1H3. The monoisotopic (exact) mass is 278 g/mol. The normalized spacial score (nSPS) is 16.9. The first-order chi connectivity index (χ1) is 10.3. The Hall–Kier alpha value is -2.31. The Balaban J connectivity index is 1.76. The van der Waals surface area contributed by atoms with Crippen molar-refractivity contribution in [1.29, 1.82) is 5.26 Å². The van der Waals surface area contributed by atoms with Crippen molar-refractivity contribution in [3.63, 3.8) is 0 Å². The van der Waals surface area contributed by atoms with Crippen LogP contribution in [0.4, 0.5) is 5.69 Å². The smallest absolute Gasteiger partial charge is 0.100 e. The van der Waals surface area contributed by atoms with Gasteiger partial charge in [0.2, 0.25) is 0 Å². The van der Waals surface area contributed by atoms with E-state index < -0.39 is 0 Å². The van der Waals surface area contributed by atoms with E-state index in [9.17, 15) is 0 Å². The maximum atomic E-state index is 8.85. The molecule has 1 heterocycles. The molecule has 0 aromatic heterocycles. The molecule has 3 heteroatoms. The predicted molar refractivity (Wildman–Crippen MR) is 83.3 cm³/mol. The van der Waals surface area contributed by atoms with Crippen LogP contribution in [0.15, 0.2) is 48.5 Å². The Kier molecular flexibility index (Phi) is 3.89. The summed E-state index contributed by atoms with van der Waals surface area (Å²) in [6.45, 7) is 1.59. The first-order valence-electron chi connectivity index (χ1n) is 7.18. The van der Waals surface area contributed by atoms with Gasteiger partial charge in [-0.25, -0.2) is 0 Å². The number of anilines is 1. The summed E-state index contributed by atoms with van der Waals surface area (Å²) in [6, 6.07) is 18.3. The zero-order valence-corrected chi connectivity index (χ0v) is 12.1. The fraction of sp³-hybridized carbons (Fsp3) is 0.278. The Labute approximate surface area is 125 Å². The van der Waals surface area contributed by atoms with Gasteiger partial charge < -0.3 is 9.64 Å². The Morgan fingerprint density at radius 1 is 1.19 bits per heavy atom. The van der Waals surface area contributed by atoms with Gasteiger partial charge in [0.25, 0.3) is 0 Å². The highest BCUT2D eigenvalue weighted by molar-refractivity contribution is 5.49. The number of benzene rings is 2. The minimum absolute atomic E-state index is 0.107. The Morgan fingerprint density at radius 2 is 1.95 bits per heavy atom. The fourth-order valence-electron chi connectivity index (χ4n) is 2.77. The van der Waals surface area contributed by atoms with E-state index in [0.29, 0.717) is 5.56 Å². The minimum atomic E-state index is 0.107. The summed E-state index contributed by atoms with van der Waals surface area (Å²) in [6.07, 6.45) is 1.10. The molecule has 0 bridgehead atoms. The van der Waals surface area contributed by atoms with Gasteiger partial charge in [-0.2, -0.15) is 5.26 Å². The molecule has 1 unspecified atom stereocenters. The molecule has 0 amide bonds. The van der Waals surface area contributed by atoms with Crippen LogP contribution in [0.5, 0.6) is 0 Å². The second kappa shape index (κ2) is 5.99. The molecule has 106 valence electrons. The third kappa shape index (κ3) is 2.91. The molecule has 21 heavy (non-hydrogen) atoms. The van der Waals surface area contributed by atoms with Crippen LogP contribution in [0.1, 0.15) is 22.8 Å². The van der Waals surface area contributed by atoms with Crippen molar-refractivity contribution in [3.05, 3.63) is 65.2 Å². The molecule has 1 aliphatic heterocycles. The topological polar surface area (TPSA) is 36.3 Å². The van der Waals surface area contributed by atoms with Crippen LogP contribution >= 0.6 is 0 Å². The van der Waals surface area contributed by atoms with Crippen molar-refractivity contribution < 1.29 is 4.74 Å². The van der Waals surface area contributed by atoms with E-state index in [1.54, 1.807) is 0 Å². The van der Waals surface area contributed by atoms with E-state index in [2.05, 4.69) is 42.3 Å². The van der Waals surface area contributed by atoms with Gasteiger partial charge in [-0.1, -0.05) is 24.3 Å². The van der Waals surface area contributed by atoms with E-state index in [1.165, 1.54) is 11.1 Å². The van der Waals surface area contributed by atoms with Gasteiger partial charge in [0, 0.05) is 19.3 Å². The molecule has 2 aromatic carbocycles. The molecule has 0 aliphatic carbocycles. The molecule has 3 nitrogen and oxygen atoms in total. The highest BCUT2D eigenvalue weighted by Gasteiger charge is 2.21. The second-order valence-electron chi connectivity index (χ2n) is 5.35. The van der Waals surface area contributed by atoms with Crippen molar-refractivity contribution in [2.75, 3.05) is 25.1 Å². The molecular formula is C18H18N2O. The van der Waals surface area contributed by atoms with Crippen LogP contribution < -0.4 is 4.90 Å². The first-order valence-corrected chi connectivity index (χ1v) is 7.18. The van der Waals surface area contributed by atoms with Gasteiger partial charge in [0.15, 0.2) is 0 Å². The lowest BCUT2D eigenvalue weighted by molar-refractivity contribution is 0.0478. The summed E-state index contributed by atoms with van der Waals surface area (Å²) in [5.74, 6) is 0.